The van der Waals surface area contributed by atoms with E-state index >= 15 is 0 Å². The first-order valence-electron chi connectivity index (χ1n) is 7.05. The smallest absolute Gasteiger partial charge is 0.130 e. The maximum absolute atomic E-state index is 14.1. The summed E-state index contributed by atoms with van der Waals surface area (Å²) < 4.78 is 27.2. The van der Waals surface area contributed by atoms with E-state index in [0.717, 1.165) is 31.0 Å². The van der Waals surface area contributed by atoms with E-state index in [4.69, 9.17) is 5.84 Å². The molecule has 0 aliphatic heterocycles. The van der Waals surface area contributed by atoms with Crippen LogP contribution in [0.3, 0.4) is 0 Å². The zero-order valence-electron chi connectivity index (χ0n) is 11.5. The van der Waals surface area contributed by atoms with Crippen molar-refractivity contribution < 1.29 is 8.78 Å². The maximum atomic E-state index is 14.1. The van der Waals surface area contributed by atoms with Gasteiger partial charge >= 0.3 is 0 Å². The number of nitrogens with two attached hydrogens (primary N) is 1. The van der Waals surface area contributed by atoms with Gasteiger partial charge in [0.25, 0.3) is 0 Å². The second kappa shape index (κ2) is 5.87. The number of aryl methyl sites for hydroxylation is 1. The molecule has 5 heteroatoms. The van der Waals surface area contributed by atoms with E-state index in [-0.39, 0.29) is 5.92 Å². The van der Waals surface area contributed by atoms with Crippen molar-refractivity contribution in [1.29, 1.82) is 0 Å². The molecule has 3 rings (SSSR count). The highest BCUT2D eigenvalue weighted by Crippen LogP contribution is 2.39. The molecule has 1 aromatic heterocycles. The number of aromatic nitrogens is 1. The van der Waals surface area contributed by atoms with Crippen LogP contribution in [0.4, 0.5) is 8.78 Å². The molecule has 1 aliphatic carbocycles. The fourth-order valence-electron chi connectivity index (χ4n) is 3.15. The highest BCUT2D eigenvalue weighted by Gasteiger charge is 2.31. The van der Waals surface area contributed by atoms with Crippen molar-refractivity contribution >= 4 is 0 Å². The van der Waals surface area contributed by atoms with Gasteiger partial charge in [-0.25, -0.2) is 8.78 Å². The van der Waals surface area contributed by atoms with Crippen LogP contribution in [0.2, 0.25) is 0 Å². The van der Waals surface area contributed by atoms with Crippen LogP contribution in [-0.4, -0.2) is 4.98 Å². The molecule has 0 fully saturated rings. The van der Waals surface area contributed by atoms with E-state index in [9.17, 15) is 8.78 Å². The van der Waals surface area contributed by atoms with Gasteiger partial charge in [-0.1, -0.05) is 12.1 Å². The molecule has 3 N–H and O–H groups in total. The molecule has 0 amide bonds. The van der Waals surface area contributed by atoms with Crippen LogP contribution in [0.1, 0.15) is 41.6 Å². The lowest BCUT2D eigenvalue weighted by Gasteiger charge is -2.31. The van der Waals surface area contributed by atoms with Crippen LogP contribution in [0.25, 0.3) is 0 Å². The molecule has 2 atom stereocenters. The Bertz CT molecular complexity index is 645. The summed E-state index contributed by atoms with van der Waals surface area (Å²) in [5.41, 5.74) is 5.20. The minimum absolute atomic E-state index is 0.0140. The number of nitrogens with zero attached hydrogens (tertiary/aromatic N) is 1. The van der Waals surface area contributed by atoms with Gasteiger partial charge < -0.3 is 0 Å². The van der Waals surface area contributed by atoms with Gasteiger partial charge in [-0.05, 0) is 37.0 Å². The zero-order chi connectivity index (χ0) is 14.8. The van der Waals surface area contributed by atoms with E-state index in [2.05, 4.69) is 10.4 Å². The summed E-state index contributed by atoms with van der Waals surface area (Å²) in [5.74, 6) is 4.48. The number of pyridine rings is 1. The average molecular weight is 289 g/mol. The second-order valence-electron chi connectivity index (χ2n) is 5.36. The van der Waals surface area contributed by atoms with E-state index in [1.807, 2.05) is 12.1 Å². The number of hydrazine groups is 1. The number of hydrogen-bond acceptors (Lipinski definition) is 3. The molecule has 0 saturated heterocycles. The average Bonchev–Trinajstić information content (AvgIpc) is 2.50. The van der Waals surface area contributed by atoms with Crippen molar-refractivity contribution in [2.24, 2.45) is 5.84 Å². The van der Waals surface area contributed by atoms with Crippen LogP contribution >= 0.6 is 0 Å². The minimum Gasteiger partial charge on any atom is -0.271 e. The van der Waals surface area contributed by atoms with E-state index in [1.54, 1.807) is 6.20 Å². The van der Waals surface area contributed by atoms with E-state index in [0.29, 0.717) is 5.56 Å². The van der Waals surface area contributed by atoms with Crippen molar-refractivity contribution in [3.05, 3.63) is 65.0 Å². The van der Waals surface area contributed by atoms with Gasteiger partial charge in [0.2, 0.25) is 0 Å². The fraction of sp³-hybridized carbons (Fsp3) is 0.312. The molecule has 0 spiro atoms. The SMILES string of the molecule is NNC(c1ccc(F)cc1F)C1CCCc2cccnc21. The van der Waals surface area contributed by atoms with Gasteiger partial charge in [0.15, 0.2) is 0 Å². The van der Waals surface area contributed by atoms with Crippen LogP contribution in [0, 0.1) is 11.6 Å². The second-order valence-corrected chi connectivity index (χ2v) is 5.36. The lowest BCUT2D eigenvalue weighted by Crippen LogP contribution is -2.35. The summed E-state index contributed by atoms with van der Waals surface area (Å²) >= 11 is 0. The number of rotatable bonds is 3. The van der Waals surface area contributed by atoms with Crippen molar-refractivity contribution in [3.8, 4) is 0 Å². The predicted molar refractivity (Wildman–Crippen MR) is 76.3 cm³/mol. The zero-order valence-corrected chi connectivity index (χ0v) is 11.5. The van der Waals surface area contributed by atoms with Crippen molar-refractivity contribution in [2.45, 2.75) is 31.2 Å². The molecule has 1 aliphatic rings. The van der Waals surface area contributed by atoms with Crippen molar-refractivity contribution in [1.82, 2.24) is 10.4 Å². The Morgan fingerprint density at radius 3 is 2.90 bits per heavy atom. The van der Waals surface area contributed by atoms with Gasteiger partial charge in [-0.2, -0.15) is 0 Å². The summed E-state index contributed by atoms with van der Waals surface area (Å²) in [6.45, 7) is 0. The van der Waals surface area contributed by atoms with Gasteiger partial charge in [0, 0.05) is 29.4 Å². The Morgan fingerprint density at radius 2 is 2.14 bits per heavy atom. The molecule has 0 bridgehead atoms. The predicted octanol–water partition coefficient (Wildman–Crippen LogP) is 2.98. The molecule has 3 nitrogen and oxygen atoms in total. The molecule has 2 aromatic rings. The van der Waals surface area contributed by atoms with E-state index < -0.39 is 17.7 Å². The van der Waals surface area contributed by atoms with Gasteiger partial charge in [0.05, 0.1) is 6.04 Å². The number of hydrogen-bond donors (Lipinski definition) is 2. The Morgan fingerprint density at radius 1 is 1.29 bits per heavy atom. The van der Waals surface area contributed by atoms with Crippen LogP contribution in [0.5, 0.6) is 0 Å². The standard InChI is InChI=1S/C16H17F2N3/c17-11-6-7-12(14(18)9-11)16(21-19)13-5-1-3-10-4-2-8-20-15(10)13/h2,4,6-9,13,16,21H,1,3,5,19H2. The first kappa shape index (κ1) is 14.1. The van der Waals surface area contributed by atoms with Gasteiger partial charge in [-0.15, -0.1) is 0 Å². The lowest BCUT2D eigenvalue weighted by molar-refractivity contribution is 0.387. The van der Waals surface area contributed by atoms with E-state index in [1.165, 1.54) is 17.7 Å². The van der Waals surface area contributed by atoms with Crippen molar-refractivity contribution in [3.63, 3.8) is 0 Å². The summed E-state index contributed by atoms with van der Waals surface area (Å²) in [5, 5.41) is 0. The van der Waals surface area contributed by atoms with Gasteiger partial charge in [0.1, 0.15) is 11.6 Å². The number of benzene rings is 1. The van der Waals surface area contributed by atoms with Gasteiger partial charge in [-0.3, -0.25) is 16.3 Å². The van der Waals surface area contributed by atoms with Crippen molar-refractivity contribution in [2.75, 3.05) is 0 Å². The largest absolute Gasteiger partial charge is 0.271 e. The summed E-state index contributed by atoms with van der Waals surface area (Å²) in [7, 11) is 0. The third kappa shape index (κ3) is 2.66. The van der Waals surface area contributed by atoms with Crippen LogP contribution < -0.4 is 11.3 Å². The molecule has 0 saturated carbocycles. The first-order valence-corrected chi connectivity index (χ1v) is 7.05. The Kier molecular flexibility index (Phi) is 3.94. The number of nitrogens with one attached hydrogen (secondary N) is 1. The number of fused-ring (bicyclic) bond motifs is 1. The number of halogens is 2. The Labute approximate surface area is 122 Å². The molecule has 2 unspecified atom stereocenters. The maximum Gasteiger partial charge on any atom is 0.130 e. The fourth-order valence-corrected chi connectivity index (χ4v) is 3.15. The summed E-state index contributed by atoms with van der Waals surface area (Å²) in [4.78, 5) is 4.45. The molecule has 0 radical (unpaired) electrons. The first-order chi connectivity index (χ1) is 10.2. The molecule has 110 valence electrons. The quantitative estimate of drug-likeness (QED) is 0.674. The molecular formula is C16H17F2N3. The molecule has 1 aromatic carbocycles. The topological polar surface area (TPSA) is 50.9 Å². The Balaban J connectivity index is 2.01. The lowest BCUT2D eigenvalue weighted by atomic mass is 9.79. The molecule has 21 heavy (non-hydrogen) atoms. The normalized spacial score (nSPS) is 19.1. The third-order valence-electron chi connectivity index (χ3n) is 4.12. The van der Waals surface area contributed by atoms with Crippen LogP contribution in [0.15, 0.2) is 36.5 Å². The summed E-state index contributed by atoms with van der Waals surface area (Å²) in [6.07, 6.45) is 4.59. The minimum atomic E-state index is -0.589. The highest BCUT2D eigenvalue weighted by molar-refractivity contribution is 5.32. The molecule has 1 heterocycles. The highest BCUT2D eigenvalue weighted by atomic mass is 19.1. The van der Waals surface area contributed by atoms with Crippen LogP contribution in [-0.2, 0) is 6.42 Å². The Hall–Kier alpha value is -1.85. The molecular weight excluding hydrogens is 272 g/mol. The summed E-state index contributed by atoms with van der Waals surface area (Å²) in [6, 6.07) is 7.13. The monoisotopic (exact) mass is 289 g/mol. The third-order valence-corrected chi connectivity index (χ3v) is 4.12.